The molecule has 0 aromatic heterocycles. The molecule has 2 aromatic rings. The second-order valence-corrected chi connectivity index (χ2v) is 3.75. The molecule has 0 bridgehead atoms. The molecule has 0 spiro atoms. The molecule has 0 saturated carbocycles. The number of rotatable bonds is 2. The topological polar surface area (TPSA) is 40.1 Å². The molecule has 0 amide bonds. The molecule has 0 aliphatic carbocycles. The van der Waals surface area contributed by atoms with Crippen molar-refractivity contribution in [2.45, 2.75) is 0 Å². The van der Waals surface area contributed by atoms with E-state index in [1.165, 1.54) is 12.1 Å². The summed E-state index contributed by atoms with van der Waals surface area (Å²) < 4.78 is 0. The molecule has 2 aromatic carbocycles. The average molecular weight is 232 g/mol. The molecule has 2 nitrogen and oxygen atoms in total. The number of hydrogen-bond acceptors (Lipinski definition) is 2. The van der Waals surface area contributed by atoms with Crippen LogP contribution in [0.2, 0.25) is 5.02 Å². The maximum atomic E-state index is 10.6. The van der Waals surface area contributed by atoms with Gasteiger partial charge in [0.15, 0.2) is 0 Å². The Morgan fingerprint density at radius 3 is 2.19 bits per heavy atom. The van der Waals surface area contributed by atoms with Crippen LogP contribution in [0.25, 0.3) is 11.1 Å². The van der Waals surface area contributed by atoms with Gasteiger partial charge in [-0.15, -0.1) is 0 Å². The Morgan fingerprint density at radius 1 is 1.00 bits per heavy atom. The molecule has 0 heterocycles. The minimum atomic E-state index is -1.18. The monoisotopic (exact) mass is 231 g/mol. The van der Waals surface area contributed by atoms with Crippen molar-refractivity contribution in [3.05, 3.63) is 59.1 Å². The zero-order valence-corrected chi connectivity index (χ0v) is 9.07. The molecule has 0 unspecified atom stereocenters. The molecule has 0 atom stereocenters. The van der Waals surface area contributed by atoms with E-state index < -0.39 is 5.97 Å². The molecule has 0 aliphatic rings. The Kier molecular flexibility index (Phi) is 2.93. The third-order valence-corrected chi connectivity index (χ3v) is 2.64. The van der Waals surface area contributed by atoms with Crippen molar-refractivity contribution in [3.8, 4) is 11.1 Å². The summed E-state index contributed by atoms with van der Waals surface area (Å²) in [7, 11) is 0. The highest BCUT2D eigenvalue weighted by atomic mass is 35.5. The van der Waals surface area contributed by atoms with E-state index in [0.717, 1.165) is 11.1 Å². The fraction of sp³-hybridized carbons (Fsp3) is 0. The zero-order chi connectivity index (χ0) is 11.5. The molecule has 0 saturated heterocycles. The van der Waals surface area contributed by atoms with E-state index in [2.05, 4.69) is 0 Å². The fourth-order valence-electron chi connectivity index (χ4n) is 1.48. The highest BCUT2D eigenvalue weighted by molar-refractivity contribution is 6.33. The maximum absolute atomic E-state index is 10.6. The number of carbonyl (C=O) groups is 1. The summed E-state index contributed by atoms with van der Waals surface area (Å²) >= 11 is 6.03. The Bertz CT molecular complexity index is 518. The van der Waals surface area contributed by atoms with Crippen molar-refractivity contribution in [1.82, 2.24) is 0 Å². The van der Waals surface area contributed by atoms with Gasteiger partial charge in [0.1, 0.15) is 0 Å². The van der Waals surface area contributed by atoms with Crippen molar-refractivity contribution >= 4 is 17.6 Å². The van der Waals surface area contributed by atoms with Gasteiger partial charge in [-0.1, -0.05) is 54.1 Å². The van der Waals surface area contributed by atoms with E-state index in [4.69, 9.17) is 11.6 Å². The molecule has 0 aliphatic heterocycles. The van der Waals surface area contributed by atoms with E-state index >= 15 is 0 Å². The van der Waals surface area contributed by atoms with E-state index in [1.807, 2.05) is 18.2 Å². The van der Waals surface area contributed by atoms with Gasteiger partial charge in [-0.3, -0.25) is 0 Å². The Balaban J connectivity index is 2.43. The molecule has 80 valence electrons. The van der Waals surface area contributed by atoms with Crippen molar-refractivity contribution < 1.29 is 9.90 Å². The first-order valence-electron chi connectivity index (χ1n) is 4.75. The molecular weight excluding hydrogens is 224 g/mol. The SMILES string of the molecule is O=C([O-])c1ccc(-c2ccccc2Cl)cc1. The Labute approximate surface area is 98.1 Å². The maximum Gasteiger partial charge on any atom is 0.0715 e. The van der Waals surface area contributed by atoms with Gasteiger partial charge in [-0.2, -0.15) is 0 Å². The second kappa shape index (κ2) is 4.37. The largest absolute Gasteiger partial charge is 0.545 e. The van der Waals surface area contributed by atoms with Crippen LogP contribution in [-0.4, -0.2) is 5.97 Å². The van der Waals surface area contributed by atoms with Crippen molar-refractivity contribution in [3.63, 3.8) is 0 Å². The van der Waals surface area contributed by atoms with Gasteiger partial charge in [-0.25, -0.2) is 0 Å². The van der Waals surface area contributed by atoms with Gasteiger partial charge in [0.05, 0.1) is 5.97 Å². The van der Waals surface area contributed by atoms with Crippen LogP contribution in [0.1, 0.15) is 10.4 Å². The summed E-state index contributed by atoms with van der Waals surface area (Å²) in [5.41, 5.74) is 1.93. The molecule has 0 fully saturated rings. The number of carbonyl (C=O) groups excluding carboxylic acids is 1. The van der Waals surface area contributed by atoms with Gasteiger partial charge >= 0.3 is 0 Å². The third-order valence-electron chi connectivity index (χ3n) is 2.31. The first-order chi connectivity index (χ1) is 7.68. The van der Waals surface area contributed by atoms with Crippen LogP contribution in [0.15, 0.2) is 48.5 Å². The van der Waals surface area contributed by atoms with E-state index in [9.17, 15) is 9.90 Å². The second-order valence-electron chi connectivity index (χ2n) is 3.34. The predicted molar refractivity (Wildman–Crippen MR) is 61.2 cm³/mol. The van der Waals surface area contributed by atoms with Crippen molar-refractivity contribution in [2.75, 3.05) is 0 Å². The Morgan fingerprint density at radius 2 is 1.62 bits per heavy atom. The molecular formula is C13H8ClO2-. The fourth-order valence-corrected chi connectivity index (χ4v) is 1.73. The summed E-state index contributed by atoms with van der Waals surface area (Å²) in [5.74, 6) is -1.18. The molecule has 0 radical (unpaired) electrons. The summed E-state index contributed by atoms with van der Waals surface area (Å²) in [6.07, 6.45) is 0. The normalized spacial score (nSPS) is 10.1. The first-order valence-corrected chi connectivity index (χ1v) is 5.12. The van der Waals surface area contributed by atoms with E-state index in [1.54, 1.807) is 18.2 Å². The number of aromatic carboxylic acids is 1. The zero-order valence-electron chi connectivity index (χ0n) is 8.31. The van der Waals surface area contributed by atoms with Crippen LogP contribution < -0.4 is 5.11 Å². The van der Waals surface area contributed by atoms with Crippen LogP contribution in [0.3, 0.4) is 0 Å². The number of carboxylic acids is 1. The Hall–Kier alpha value is -1.80. The van der Waals surface area contributed by atoms with Gasteiger partial charge in [-0.05, 0) is 17.2 Å². The van der Waals surface area contributed by atoms with Gasteiger partial charge in [0.2, 0.25) is 0 Å². The lowest BCUT2D eigenvalue weighted by atomic mass is 10.0. The van der Waals surface area contributed by atoms with Crippen molar-refractivity contribution in [1.29, 1.82) is 0 Å². The highest BCUT2D eigenvalue weighted by Gasteiger charge is 2.02. The number of hydrogen-bond donors (Lipinski definition) is 0. The number of benzene rings is 2. The van der Waals surface area contributed by atoms with Crippen molar-refractivity contribution in [2.24, 2.45) is 0 Å². The summed E-state index contributed by atoms with van der Waals surface area (Å²) in [6.45, 7) is 0. The van der Waals surface area contributed by atoms with Crippen LogP contribution >= 0.6 is 11.6 Å². The van der Waals surface area contributed by atoms with E-state index in [-0.39, 0.29) is 5.56 Å². The van der Waals surface area contributed by atoms with Gasteiger partial charge in [0.25, 0.3) is 0 Å². The highest BCUT2D eigenvalue weighted by Crippen LogP contribution is 2.27. The van der Waals surface area contributed by atoms with Crippen LogP contribution in [0.4, 0.5) is 0 Å². The lowest BCUT2D eigenvalue weighted by Gasteiger charge is -2.06. The smallest absolute Gasteiger partial charge is 0.0715 e. The minimum absolute atomic E-state index is 0.163. The molecule has 2 rings (SSSR count). The standard InChI is InChI=1S/C13H9ClO2/c14-12-4-2-1-3-11(12)9-5-7-10(8-6-9)13(15)16/h1-8H,(H,15,16)/p-1. The molecule has 3 heteroatoms. The van der Waals surface area contributed by atoms with Gasteiger partial charge in [0, 0.05) is 10.6 Å². The van der Waals surface area contributed by atoms with Crippen LogP contribution in [0, 0.1) is 0 Å². The van der Waals surface area contributed by atoms with Crippen LogP contribution in [-0.2, 0) is 0 Å². The quantitative estimate of drug-likeness (QED) is 0.796. The number of carboxylic acid groups (broad SMARTS) is 1. The average Bonchev–Trinajstić information content (AvgIpc) is 2.30. The summed E-state index contributed by atoms with van der Waals surface area (Å²) in [4.78, 5) is 10.6. The van der Waals surface area contributed by atoms with Gasteiger partial charge < -0.3 is 9.90 Å². The first kappa shape index (κ1) is 10.7. The predicted octanol–water partition coefficient (Wildman–Crippen LogP) is 2.37. The lowest BCUT2D eigenvalue weighted by Crippen LogP contribution is -2.21. The molecule has 16 heavy (non-hydrogen) atoms. The third kappa shape index (κ3) is 2.07. The number of halogens is 1. The van der Waals surface area contributed by atoms with Crippen LogP contribution in [0.5, 0.6) is 0 Å². The summed E-state index contributed by atoms with van der Waals surface area (Å²) in [5, 5.41) is 11.2. The lowest BCUT2D eigenvalue weighted by molar-refractivity contribution is -0.255. The molecule has 0 N–H and O–H groups in total. The minimum Gasteiger partial charge on any atom is -0.545 e. The van der Waals surface area contributed by atoms with E-state index in [0.29, 0.717) is 5.02 Å². The summed E-state index contributed by atoms with van der Waals surface area (Å²) in [6, 6.07) is 13.9.